The Balaban J connectivity index is 2.01. The molecule has 6 nitrogen and oxygen atoms in total. The average molecular weight is 442 g/mol. The molecular formula is C26H39N3O3. The Morgan fingerprint density at radius 1 is 0.844 bits per heavy atom. The van der Waals surface area contributed by atoms with Crippen molar-refractivity contribution in [2.75, 3.05) is 20.3 Å². The Morgan fingerprint density at radius 2 is 1.41 bits per heavy atom. The van der Waals surface area contributed by atoms with E-state index in [4.69, 9.17) is 15.2 Å². The van der Waals surface area contributed by atoms with E-state index in [0.29, 0.717) is 37.7 Å². The Morgan fingerprint density at radius 3 is 1.91 bits per heavy atom. The molecule has 0 saturated carbocycles. The first kappa shape index (κ1) is 25.5. The number of ether oxygens (including phenoxy) is 2. The average Bonchev–Trinajstić information content (AvgIpc) is 2.73. The number of hydrogen-bond acceptors (Lipinski definition) is 4. The second-order valence-corrected chi connectivity index (χ2v) is 10.1. The van der Waals surface area contributed by atoms with Gasteiger partial charge in [-0.2, -0.15) is 0 Å². The fourth-order valence-electron chi connectivity index (χ4n) is 3.20. The molecule has 0 unspecified atom stereocenters. The SMILES string of the molecule is COc1cc(CNC(=O)NCc2cc(C(C)(C)C)cc(C(C)(C)C)c2)ccc1OCCN. The van der Waals surface area contributed by atoms with Gasteiger partial charge in [-0.15, -0.1) is 0 Å². The Kier molecular flexibility index (Phi) is 8.56. The smallest absolute Gasteiger partial charge is 0.315 e. The number of nitrogens with two attached hydrogens (primary N) is 1. The zero-order valence-corrected chi connectivity index (χ0v) is 20.6. The Labute approximate surface area is 192 Å². The van der Waals surface area contributed by atoms with Crippen LogP contribution in [0.3, 0.4) is 0 Å². The van der Waals surface area contributed by atoms with Gasteiger partial charge in [0.1, 0.15) is 6.61 Å². The molecular weight excluding hydrogens is 402 g/mol. The molecule has 4 N–H and O–H groups in total. The number of rotatable bonds is 8. The lowest BCUT2D eigenvalue weighted by Crippen LogP contribution is -2.34. The fourth-order valence-corrected chi connectivity index (χ4v) is 3.20. The second kappa shape index (κ2) is 10.7. The van der Waals surface area contributed by atoms with Crippen LogP contribution in [0.2, 0.25) is 0 Å². The summed E-state index contributed by atoms with van der Waals surface area (Å²) in [7, 11) is 1.59. The molecule has 32 heavy (non-hydrogen) atoms. The second-order valence-electron chi connectivity index (χ2n) is 10.1. The Hall–Kier alpha value is -2.73. The van der Waals surface area contributed by atoms with Crippen LogP contribution in [-0.4, -0.2) is 26.3 Å². The van der Waals surface area contributed by atoms with E-state index in [-0.39, 0.29) is 16.9 Å². The number of carbonyl (C=O) groups excluding carboxylic acids is 1. The van der Waals surface area contributed by atoms with Crippen molar-refractivity contribution in [3.05, 3.63) is 58.7 Å². The van der Waals surface area contributed by atoms with Crippen molar-refractivity contribution in [2.45, 2.75) is 65.5 Å². The van der Waals surface area contributed by atoms with Gasteiger partial charge in [-0.1, -0.05) is 65.8 Å². The molecule has 0 saturated heterocycles. The van der Waals surface area contributed by atoms with Crippen LogP contribution in [0.4, 0.5) is 4.79 Å². The first-order chi connectivity index (χ1) is 14.9. The van der Waals surface area contributed by atoms with Gasteiger partial charge in [-0.05, 0) is 45.2 Å². The molecule has 0 heterocycles. The normalized spacial score (nSPS) is 11.8. The minimum Gasteiger partial charge on any atom is -0.493 e. The summed E-state index contributed by atoms with van der Waals surface area (Å²) in [6, 6.07) is 12.0. The summed E-state index contributed by atoms with van der Waals surface area (Å²) in [5.74, 6) is 1.26. The van der Waals surface area contributed by atoms with E-state index in [1.807, 2.05) is 18.2 Å². The highest BCUT2D eigenvalue weighted by atomic mass is 16.5. The van der Waals surface area contributed by atoms with Crippen LogP contribution in [0, 0.1) is 0 Å². The van der Waals surface area contributed by atoms with E-state index < -0.39 is 0 Å². The first-order valence-electron chi connectivity index (χ1n) is 11.1. The summed E-state index contributed by atoms with van der Waals surface area (Å²) in [5.41, 5.74) is 10.1. The van der Waals surface area contributed by atoms with Gasteiger partial charge in [0.05, 0.1) is 7.11 Å². The van der Waals surface area contributed by atoms with Gasteiger partial charge in [0, 0.05) is 19.6 Å². The third-order valence-electron chi connectivity index (χ3n) is 5.23. The molecule has 0 aliphatic carbocycles. The van der Waals surface area contributed by atoms with E-state index in [1.54, 1.807) is 7.11 Å². The lowest BCUT2D eigenvalue weighted by atomic mass is 9.79. The van der Waals surface area contributed by atoms with E-state index >= 15 is 0 Å². The van der Waals surface area contributed by atoms with E-state index in [9.17, 15) is 4.79 Å². The number of urea groups is 1. The van der Waals surface area contributed by atoms with Gasteiger partial charge in [-0.25, -0.2) is 4.79 Å². The molecule has 0 aromatic heterocycles. The van der Waals surface area contributed by atoms with Crippen molar-refractivity contribution >= 4 is 6.03 Å². The van der Waals surface area contributed by atoms with Crippen LogP contribution in [0.25, 0.3) is 0 Å². The topological polar surface area (TPSA) is 85.6 Å². The van der Waals surface area contributed by atoms with Crippen LogP contribution in [-0.2, 0) is 23.9 Å². The number of methoxy groups -OCH3 is 1. The quantitative estimate of drug-likeness (QED) is 0.558. The third-order valence-corrected chi connectivity index (χ3v) is 5.23. The molecule has 0 spiro atoms. The summed E-state index contributed by atoms with van der Waals surface area (Å²) in [6.07, 6.45) is 0. The Bertz CT molecular complexity index is 879. The monoisotopic (exact) mass is 441 g/mol. The van der Waals surface area contributed by atoms with Crippen LogP contribution in [0.15, 0.2) is 36.4 Å². The number of amides is 2. The highest BCUT2D eigenvalue weighted by Gasteiger charge is 2.20. The van der Waals surface area contributed by atoms with Crippen LogP contribution >= 0.6 is 0 Å². The molecule has 0 aliphatic rings. The summed E-state index contributed by atoms with van der Waals surface area (Å²) >= 11 is 0. The molecule has 0 radical (unpaired) electrons. The minimum absolute atomic E-state index is 0.0390. The maximum Gasteiger partial charge on any atom is 0.315 e. The van der Waals surface area contributed by atoms with Crippen molar-refractivity contribution in [3.63, 3.8) is 0 Å². The summed E-state index contributed by atoms with van der Waals surface area (Å²) in [4.78, 5) is 12.4. The van der Waals surface area contributed by atoms with Crippen molar-refractivity contribution < 1.29 is 14.3 Å². The van der Waals surface area contributed by atoms with Gasteiger partial charge in [0.15, 0.2) is 11.5 Å². The van der Waals surface area contributed by atoms with Gasteiger partial charge < -0.3 is 25.8 Å². The van der Waals surface area contributed by atoms with Crippen LogP contribution in [0.1, 0.15) is 63.8 Å². The summed E-state index contributed by atoms with van der Waals surface area (Å²) in [5, 5.41) is 5.88. The molecule has 0 bridgehead atoms. The number of carbonyl (C=O) groups is 1. The minimum atomic E-state index is -0.217. The summed E-state index contributed by atoms with van der Waals surface area (Å²) in [6.45, 7) is 14.9. The zero-order valence-electron chi connectivity index (χ0n) is 20.6. The van der Waals surface area contributed by atoms with Crippen LogP contribution in [0.5, 0.6) is 11.5 Å². The maximum atomic E-state index is 12.4. The van der Waals surface area contributed by atoms with Gasteiger partial charge >= 0.3 is 6.03 Å². The number of benzene rings is 2. The fraction of sp³-hybridized carbons (Fsp3) is 0.500. The molecule has 2 rings (SSSR count). The first-order valence-corrected chi connectivity index (χ1v) is 11.1. The molecule has 0 aliphatic heterocycles. The predicted octanol–water partition coefficient (Wildman–Crippen LogP) is 4.63. The van der Waals surface area contributed by atoms with Gasteiger partial charge in [0.2, 0.25) is 0 Å². The number of hydrogen-bond donors (Lipinski definition) is 3. The standard InChI is InChI=1S/C26H39N3O3/c1-25(2,3)20-12-19(13-21(15-20)26(4,5)6)17-29-24(30)28-16-18-8-9-22(32-11-10-27)23(14-18)31-7/h8-9,12-15H,10-11,16-17,27H2,1-7H3,(H2,28,29,30). The van der Waals surface area contributed by atoms with E-state index in [1.165, 1.54) is 11.1 Å². The molecule has 0 fully saturated rings. The molecule has 2 amide bonds. The molecule has 0 atom stereocenters. The highest BCUT2D eigenvalue weighted by molar-refractivity contribution is 5.73. The zero-order chi connectivity index (χ0) is 23.9. The lowest BCUT2D eigenvalue weighted by Gasteiger charge is -2.26. The van der Waals surface area contributed by atoms with Gasteiger partial charge in [0.25, 0.3) is 0 Å². The van der Waals surface area contributed by atoms with E-state index in [2.05, 4.69) is 70.4 Å². The van der Waals surface area contributed by atoms with Crippen molar-refractivity contribution in [2.24, 2.45) is 5.73 Å². The van der Waals surface area contributed by atoms with Crippen LogP contribution < -0.4 is 25.8 Å². The largest absolute Gasteiger partial charge is 0.493 e. The lowest BCUT2D eigenvalue weighted by molar-refractivity contribution is 0.240. The molecule has 2 aromatic carbocycles. The van der Waals surface area contributed by atoms with Crippen molar-refractivity contribution in [3.8, 4) is 11.5 Å². The van der Waals surface area contributed by atoms with E-state index in [0.717, 1.165) is 11.1 Å². The number of nitrogens with one attached hydrogen (secondary N) is 2. The predicted molar refractivity (Wildman–Crippen MR) is 130 cm³/mol. The maximum absolute atomic E-state index is 12.4. The molecule has 176 valence electrons. The molecule has 6 heteroatoms. The van der Waals surface area contributed by atoms with Crippen molar-refractivity contribution in [1.29, 1.82) is 0 Å². The van der Waals surface area contributed by atoms with Gasteiger partial charge in [-0.3, -0.25) is 0 Å². The highest BCUT2D eigenvalue weighted by Crippen LogP contribution is 2.30. The van der Waals surface area contributed by atoms with Crippen molar-refractivity contribution in [1.82, 2.24) is 10.6 Å². The summed E-state index contributed by atoms with van der Waals surface area (Å²) < 4.78 is 10.9. The molecule has 2 aromatic rings. The third kappa shape index (κ3) is 7.45.